The first kappa shape index (κ1) is 11.7. The number of nitrogens with one attached hydrogen (secondary N) is 1. The van der Waals surface area contributed by atoms with E-state index in [1.165, 1.54) is 6.26 Å². The van der Waals surface area contributed by atoms with E-state index in [4.69, 9.17) is 4.42 Å². The van der Waals surface area contributed by atoms with E-state index in [1.807, 2.05) is 24.3 Å². The maximum absolute atomic E-state index is 11.6. The highest BCUT2D eigenvalue weighted by Gasteiger charge is 2.05. The molecule has 3 aromatic rings. The van der Waals surface area contributed by atoms with Crippen molar-refractivity contribution in [2.24, 2.45) is 0 Å². The van der Waals surface area contributed by atoms with Crippen LogP contribution >= 0.6 is 11.3 Å². The van der Waals surface area contributed by atoms with Gasteiger partial charge < -0.3 is 9.73 Å². The molecule has 1 aromatic carbocycles. The van der Waals surface area contributed by atoms with Crippen molar-refractivity contribution in [2.45, 2.75) is 0 Å². The summed E-state index contributed by atoms with van der Waals surface area (Å²) in [6.45, 7) is 0. The Labute approximate surface area is 113 Å². The van der Waals surface area contributed by atoms with Crippen molar-refractivity contribution < 1.29 is 9.21 Å². The van der Waals surface area contributed by atoms with Gasteiger partial charge in [-0.25, -0.2) is 4.98 Å². The smallest absolute Gasteiger partial charge is 0.290 e. The minimum absolute atomic E-state index is 0.276. The summed E-state index contributed by atoms with van der Waals surface area (Å²) in [5.41, 5.74) is 0.963. The van der Waals surface area contributed by atoms with Crippen LogP contribution in [0.4, 0.5) is 0 Å². The van der Waals surface area contributed by atoms with Crippen LogP contribution in [0, 0.1) is 0 Å². The van der Waals surface area contributed by atoms with Gasteiger partial charge >= 0.3 is 0 Å². The van der Waals surface area contributed by atoms with Crippen LogP contribution in [0.15, 0.2) is 53.3 Å². The van der Waals surface area contributed by atoms with Crippen molar-refractivity contribution in [3.8, 4) is 0 Å². The maximum Gasteiger partial charge on any atom is 0.290 e. The standard InChI is InChI=1S/C14H10N2O2S/c17-14(11-5-3-9-18-11)15-8-7-13-16-10-4-1-2-6-12(10)19-13/h1-9H,(H,15,17)/b8-7+. The predicted octanol–water partition coefficient (Wildman–Crippen LogP) is 3.29. The Morgan fingerprint density at radius 3 is 2.95 bits per heavy atom. The SMILES string of the molecule is O=C(N/C=C/c1nc2ccccc2s1)c1ccco1. The molecule has 2 aromatic heterocycles. The van der Waals surface area contributed by atoms with Gasteiger partial charge in [-0.1, -0.05) is 12.1 Å². The molecule has 0 aliphatic rings. The van der Waals surface area contributed by atoms with Crippen LogP contribution in [-0.4, -0.2) is 10.9 Å². The van der Waals surface area contributed by atoms with Crippen LogP contribution in [0.25, 0.3) is 16.3 Å². The van der Waals surface area contributed by atoms with E-state index in [2.05, 4.69) is 10.3 Å². The van der Waals surface area contributed by atoms with E-state index >= 15 is 0 Å². The minimum atomic E-state index is -0.276. The van der Waals surface area contributed by atoms with Crippen molar-refractivity contribution in [3.63, 3.8) is 0 Å². The Morgan fingerprint density at radius 2 is 2.16 bits per heavy atom. The summed E-state index contributed by atoms with van der Waals surface area (Å²) in [5, 5.41) is 3.48. The maximum atomic E-state index is 11.6. The monoisotopic (exact) mass is 270 g/mol. The van der Waals surface area contributed by atoms with Crippen LogP contribution in [0.2, 0.25) is 0 Å². The van der Waals surface area contributed by atoms with Crippen molar-refractivity contribution >= 4 is 33.5 Å². The zero-order chi connectivity index (χ0) is 13.1. The van der Waals surface area contributed by atoms with Crippen molar-refractivity contribution in [3.05, 3.63) is 59.6 Å². The number of aromatic nitrogens is 1. The number of rotatable bonds is 3. The molecule has 3 rings (SSSR count). The Hall–Kier alpha value is -2.40. The Kier molecular flexibility index (Phi) is 3.12. The number of hydrogen-bond donors (Lipinski definition) is 1. The number of thiazole rings is 1. The quantitative estimate of drug-likeness (QED) is 0.794. The fourth-order valence-corrected chi connectivity index (χ4v) is 2.50. The first-order valence-corrected chi connectivity index (χ1v) is 6.51. The highest BCUT2D eigenvalue weighted by molar-refractivity contribution is 7.19. The Bertz CT molecular complexity index is 696. The van der Waals surface area contributed by atoms with Crippen LogP contribution in [0.1, 0.15) is 15.6 Å². The van der Waals surface area contributed by atoms with E-state index in [0.717, 1.165) is 15.2 Å². The third kappa shape index (κ3) is 2.56. The van der Waals surface area contributed by atoms with Gasteiger partial charge in [0.2, 0.25) is 0 Å². The number of fused-ring (bicyclic) bond motifs is 1. The Morgan fingerprint density at radius 1 is 1.26 bits per heavy atom. The summed E-state index contributed by atoms with van der Waals surface area (Å²) >= 11 is 1.57. The number of carbonyl (C=O) groups is 1. The number of benzene rings is 1. The van der Waals surface area contributed by atoms with Gasteiger partial charge in [0.25, 0.3) is 5.91 Å². The number of nitrogens with zero attached hydrogens (tertiary/aromatic N) is 1. The van der Waals surface area contributed by atoms with Gasteiger partial charge in [0, 0.05) is 6.20 Å². The number of furan rings is 1. The lowest BCUT2D eigenvalue weighted by Gasteiger charge is -1.93. The zero-order valence-electron chi connectivity index (χ0n) is 9.87. The number of hydrogen-bond acceptors (Lipinski definition) is 4. The molecule has 0 aliphatic heterocycles. The molecule has 0 aliphatic carbocycles. The molecule has 5 heteroatoms. The van der Waals surface area contributed by atoms with E-state index < -0.39 is 0 Å². The molecule has 0 atom stereocenters. The van der Waals surface area contributed by atoms with Crippen LogP contribution in [0.3, 0.4) is 0 Å². The normalized spacial score (nSPS) is 11.2. The lowest BCUT2D eigenvalue weighted by molar-refractivity contribution is 0.0943. The van der Waals surface area contributed by atoms with Gasteiger partial charge in [-0.15, -0.1) is 11.3 Å². The molecule has 0 radical (unpaired) electrons. The van der Waals surface area contributed by atoms with Crippen molar-refractivity contribution in [1.82, 2.24) is 10.3 Å². The number of carbonyl (C=O) groups excluding carboxylic acids is 1. The van der Waals surface area contributed by atoms with Crippen molar-refractivity contribution in [2.75, 3.05) is 0 Å². The first-order chi connectivity index (χ1) is 9.33. The summed E-state index contributed by atoms with van der Waals surface area (Å²) in [6, 6.07) is 11.2. The van der Waals surface area contributed by atoms with Gasteiger partial charge in [0.1, 0.15) is 5.01 Å². The highest BCUT2D eigenvalue weighted by atomic mass is 32.1. The second-order valence-electron chi connectivity index (χ2n) is 3.80. The average molecular weight is 270 g/mol. The third-order valence-corrected chi connectivity index (χ3v) is 3.50. The fourth-order valence-electron chi connectivity index (χ4n) is 1.63. The summed E-state index contributed by atoms with van der Waals surface area (Å²) < 4.78 is 6.11. The molecule has 4 nitrogen and oxygen atoms in total. The summed E-state index contributed by atoms with van der Waals surface area (Å²) in [6.07, 6.45) is 4.81. The molecular weight excluding hydrogens is 260 g/mol. The molecule has 94 valence electrons. The molecule has 0 spiro atoms. The molecule has 1 amide bonds. The minimum Gasteiger partial charge on any atom is -0.459 e. The fraction of sp³-hybridized carbons (Fsp3) is 0. The van der Waals surface area contributed by atoms with E-state index in [0.29, 0.717) is 0 Å². The molecule has 2 heterocycles. The molecule has 0 saturated carbocycles. The van der Waals surface area contributed by atoms with E-state index in [1.54, 1.807) is 35.7 Å². The molecular formula is C14H10N2O2S. The first-order valence-electron chi connectivity index (χ1n) is 5.69. The van der Waals surface area contributed by atoms with Gasteiger partial charge in [-0.2, -0.15) is 0 Å². The van der Waals surface area contributed by atoms with Gasteiger partial charge in [0.15, 0.2) is 5.76 Å². The summed E-state index contributed by atoms with van der Waals surface area (Å²) in [4.78, 5) is 16.0. The molecule has 0 fully saturated rings. The summed E-state index contributed by atoms with van der Waals surface area (Å²) in [5.74, 6) is 0.0105. The van der Waals surface area contributed by atoms with E-state index in [9.17, 15) is 4.79 Å². The lowest BCUT2D eigenvalue weighted by Crippen LogP contribution is -2.15. The predicted molar refractivity (Wildman–Crippen MR) is 74.8 cm³/mol. The Balaban J connectivity index is 1.71. The zero-order valence-corrected chi connectivity index (χ0v) is 10.7. The largest absolute Gasteiger partial charge is 0.459 e. The topological polar surface area (TPSA) is 55.1 Å². The van der Waals surface area contributed by atoms with Gasteiger partial charge in [-0.05, 0) is 30.3 Å². The van der Waals surface area contributed by atoms with Crippen molar-refractivity contribution in [1.29, 1.82) is 0 Å². The number of para-hydroxylation sites is 1. The molecule has 0 saturated heterocycles. The number of amides is 1. The van der Waals surface area contributed by atoms with Crippen LogP contribution in [0.5, 0.6) is 0 Å². The molecule has 0 bridgehead atoms. The van der Waals surface area contributed by atoms with Gasteiger partial charge in [-0.3, -0.25) is 4.79 Å². The highest BCUT2D eigenvalue weighted by Crippen LogP contribution is 2.22. The summed E-state index contributed by atoms with van der Waals surface area (Å²) in [7, 11) is 0. The molecule has 1 N–H and O–H groups in total. The second kappa shape index (κ2) is 5.07. The second-order valence-corrected chi connectivity index (χ2v) is 4.87. The van der Waals surface area contributed by atoms with Gasteiger partial charge in [0.05, 0.1) is 16.5 Å². The van der Waals surface area contributed by atoms with E-state index in [-0.39, 0.29) is 11.7 Å². The van der Waals surface area contributed by atoms with Crippen LogP contribution in [-0.2, 0) is 0 Å². The molecule has 0 unspecified atom stereocenters. The lowest BCUT2D eigenvalue weighted by atomic mass is 10.3. The molecule has 19 heavy (non-hydrogen) atoms. The van der Waals surface area contributed by atoms with Crippen LogP contribution < -0.4 is 5.32 Å². The average Bonchev–Trinajstić information content (AvgIpc) is 3.07. The third-order valence-electron chi connectivity index (χ3n) is 2.50.